The summed E-state index contributed by atoms with van der Waals surface area (Å²) in [5, 5.41) is 17.2. The van der Waals surface area contributed by atoms with E-state index < -0.39 is 10.8 Å². The van der Waals surface area contributed by atoms with Crippen LogP contribution < -0.4 is 10.7 Å². The smallest absolute Gasteiger partial charge is 0.287 e. The van der Waals surface area contributed by atoms with Gasteiger partial charge in [0.1, 0.15) is 5.02 Å². The van der Waals surface area contributed by atoms with Gasteiger partial charge >= 0.3 is 0 Å². The van der Waals surface area contributed by atoms with Crippen molar-refractivity contribution in [3.05, 3.63) is 74.8 Å². The van der Waals surface area contributed by atoms with Crippen molar-refractivity contribution in [2.75, 3.05) is 0 Å². The van der Waals surface area contributed by atoms with E-state index in [0.717, 1.165) is 11.6 Å². The summed E-state index contributed by atoms with van der Waals surface area (Å²) in [6.45, 7) is 2.01. The summed E-state index contributed by atoms with van der Waals surface area (Å²) in [5.74, 6) is -0.816. The molecule has 0 atom stereocenters. The second kappa shape index (κ2) is 9.44. The maximum absolute atomic E-state index is 12.0. The molecular formula is C18H17ClN4O4. The number of carbonyl (C=O) groups is 2. The molecule has 0 fully saturated rings. The molecule has 0 aliphatic heterocycles. The standard InChI is InChI=1S/C18H17ClN4O4/c1-12(9-17(24)20-11-13-5-3-2-4-6-13)21-22-18(25)14-7-8-16(23(26)27)15(19)10-14/h2-8,10H,9,11H2,1H3,(H,20,24)(H,22,25). The van der Waals surface area contributed by atoms with Gasteiger partial charge in [0.25, 0.3) is 11.6 Å². The number of nitro groups is 1. The maximum atomic E-state index is 12.0. The Hall–Kier alpha value is -3.26. The van der Waals surface area contributed by atoms with Gasteiger partial charge in [-0.3, -0.25) is 19.7 Å². The lowest BCUT2D eigenvalue weighted by Gasteiger charge is -2.06. The van der Waals surface area contributed by atoms with E-state index in [1.807, 2.05) is 30.3 Å². The third-order valence-corrected chi connectivity index (χ3v) is 3.81. The van der Waals surface area contributed by atoms with Crippen LogP contribution in [-0.4, -0.2) is 22.4 Å². The molecule has 2 aromatic carbocycles. The quantitative estimate of drug-likeness (QED) is 0.431. The summed E-state index contributed by atoms with van der Waals surface area (Å²) in [4.78, 5) is 34.0. The number of nitro benzene ring substituents is 1. The molecule has 0 bridgehead atoms. The minimum absolute atomic E-state index is 0.0220. The Labute approximate surface area is 160 Å². The van der Waals surface area contributed by atoms with Crippen LogP contribution in [0, 0.1) is 10.1 Å². The Morgan fingerprint density at radius 3 is 2.52 bits per heavy atom. The van der Waals surface area contributed by atoms with Crippen molar-refractivity contribution in [3.63, 3.8) is 0 Å². The van der Waals surface area contributed by atoms with Crippen LogP contribution in [0.25, 0.3) is 0 Å². The Bertz CT molecular complexity index is 884. The fraction of sp³-hybridized carbons (Fsp3) is 0.167. The summed E-state index contributed by atoms with van der Waals surface area (Å²) >= 11 is 5.77. The lowest BCUT2D eigenvalue weighted by molar-refractivity contribution is -0.384. The maximum Gasteiger partial charge on any atom is 0.287 e. The molecule has 0 aromatic heterocycles. The fourth-order valence-electron chi connectivity index (χ4n) is 2.14. The average Bonchev–Trinajstić information content (AvgIpc) is 2.65. The van der Waals surface area contributed by atoms with Gasteiger partial charge in [0.15, 0.2) is 0 Å². The molecule has 0 spiro atoms. The highest BCUT2D eigenvalue weighted by Gasteiger charge is 2.15. The lowest BCUT2D eigenvalue weighted by Crippen LogP contribution is -2.26. The first-order valence-corrected chi connectivity index (χ1v) is 8.32. The number of hydrogen-bond acceptors (Lipinski definition) is 5. The molecule has 9 heteroatoms. The third kappa shape index (κ3) is 6.19. The molecule has 0 saturated heterocycles. The number of carbonyl (C=O) groups excluding carboxylic acids is 2. The van der Waals surface area contributed by atoms with Crippen molar-refractivity contribution in [1.29, 1.82) is 0 Å². The largest absolute Gasteiger partial charge is 0.352 e. The van der Waals surface area contributed by atoms with Gasteiger partial charge in [-0.1, -0.05) is 41.9 Å². The van der Waals surface area contributed by atoms with E-state index in [0.29, 0.717) is 12.3 Å². The van der Waals surface area contributed by atoms with Crippen LogP contribution >= 0.6 is 11.6 Å². The molecule has 140 valence electrons. The molecule has 0 heterocycles. The van der Waals surface area contributed by atoms with Gasteiger partial charge in [0.2, 0.25) is 5.91 Å². The van der Waals surface area contributed by atoms with E-state index in [4.69, 9.17) is 11.6 Å². The minimum Gasteiger partial charge on any atom is -0.352 e. The molecule has 2 N–H and O–H groups in total. The molecule has 0 radical (unpaired) electrons. The lowest BCUT2D eigenvalue weighted by atomic mass is 10.2. The van der Waals surface area contributed by atoms with Gasteiger partial charge in [0.05, 0.1) is 11.3 Å². The fourth-order valence-corrected chi connectivity index (χ4v) is 2.39. The van der Waals surface area contributed by atoms with E-state index in [1.165, 1.54) is 12.1 Å². The summed E-state index contributed by atoms with van der Waals surface area (Å²) < 4.78 is 0. The Morgan fingerprint density at radius 1 is 1.19 bits per heavy atom. The van der Waals surface area contributed by atoms with Gasteiger partial charge < -0.3 is 5.32 Å². The Kier molecular flexibility index (Phi) is 7.01. The number of hydrazone groups is 1. The monoisotopic (exact) mass is 388 g/mol. The summed E-state index contributed by atoms with van der Waals surface area (Å²) in [6, 6.07) is 13.1. The van der Waals surface area contributed by atoms with Crippen LogP contribution in [0.5, 0.6) is 0 Å². The molecule has 2 aromatic rings. The Morgan fingerprint density at radius 2 is 1.89 bits per heavy atom. The predicted molar refractivity (Wildman–Crippen MR) is 102 cm³/mol. The molecule has 27 heavy (non-hydrogen) atoms. The second-order valence-corrected chi connectivity index (χ2v) is 6.06. The van der Waals surface area contributed by atoms with E-state index >= 15 is 0 Å². The molecule has 8 nitrogen and oxygen atoms in total. The summed E-state index contributed by atoms with van der Waals surface area (Å²) in [5.41, 5.74) is 3.51. The first-order chi connectivity index (χ1) is 12.9. The average molecular weight is 389 g/mol. The second-order valence-electron chi connectivity index (χ2n) is 5.65. The summed E-state index contributed by atoms with van der Waals surface area (Å²) in [7, 11) is 0. The van der Waals surface area contributed by atoms with Crippen LogP contribution in [0.1, 0.15) is 29.3 Å². The predicted octanol–water partition coefficient (Wildman–Crippen LogP) is 3.06. The highest BCUT2D eigenvalue weighted by atomic mass is 35.5. The first kappa shape index (κ1) is 20.1. The van der Waals surface area contributed by atoms with Crippen LogP contribution in [-0.2, 0) is 11.3 Å². The third-order valence-electron chi connectivity index (χ3n) is 3.50. The molecule has 0 aliphatic carbocycles. The molecule has 2 rings (SSSR count). The van der Waals surface area contributed by atoms with Gasteiger partial charge in [0, 0.05) is 23.9 Å². The van der Waals surface area contributed by atoms with Crippen molar-refractivity contribution in [2.24, 2.45) is 5.10 Å². The highest BCUT2D eigenvalue weighted by molar-refractivity contribution is 6.33. The van der Waals surface area contributed by atoms with Crippen molar-refractivity contribution in [1.82, 2.24) is 10.7 Å². The number of nitrogens with one attached hydrogen (secondary N) is 2. The molecule has 0 aliphatic rings. The van der Waals surface area contributed by atoms with Gasteiger partial charge in [-0.2, -0.15) is 5.10 Å². The van der Waals surface area contributed by atoms with Crippen LogP contribution in [0.3, 0.4) is 0 Å². The SMILES string of the molecule is CC(CC(=O)NCc1ccccc1)=NNC(=O)c1ccc([N+](=O)[O-])c(Cl)c1. The highest BCUT2D eigenvalue weighted by Crippen LogP contribution is 2.24. The van der Waals surface area contributed by atoms with E-state index in [1.54, 1.807) is 6.92 Å². The topological polar surface area (TPSA) is 114 Å². The van der Waals surface area contributed by atoms with Crippen molar-refractivity contribution in [2.45, 2.75) is 19.9 Å². The van der Waals surface area contributed by atoms with Gasteiger partial charge in [-0.05, 0) is 24.6 Å². The molecular weight excluding hydrogens is 372 g/mol. The first-order valence-electron chi connectivity index (χ1n) is 7.95. The Balaban J connectivity index is 1.87. The molecule has 2 amide bonds. The van der Waals surface area contributed by atoms with Crippen molar-refractivity contribution < 1.29 is 14.5 Å². The van der Waals surface area contributed by atoms with Crippen molar-refractivity contribution >= 4 is 34.8 Å². The number of rotatable bonds is 7. The van der Waals surface area contributed by atoms with Gasteiger partial charge in [-0.25, -0.2) is 5.43 Å². The minimum atomic E-state index is -0.639. The van der Waals surface area contributed by atoms with Crippen LogP contribution in [0.4, 0.5) is 5.69 Å². The zero-order valence-electron chi connectivity index (χ0n) is 14.4. The molecule has 0 unspecified atom stereocenters. The number of nitrogens with zero attached hydrogens (tertiary/aromatic N) is 2. The number of halogens is 1. The van der Waals surface area contributed by atoms with Crippen LogP contribution in [0.15, 0.2) is 53.6 Å². The van der Waals surface area contributed by atoms with E-state index in [9.17, 15) is 19.7 Å². The number of hydrogen-bond donors (Lipinski definition) is 2. The molecule has 0 saturated carbocycles. The normalized spacial score (nSPS) is 11.0. The van der Waals surface area contributed by atoms with Crippen LogP contribution in [0.2, 0.25) is 5.02 Å². The van der Waals surface area contributed by atoms with Gasteiger partial charge in [-0.15, -0.1) is 0 Å². The zero-order valence-corrected chi connectivity index (χ0v) is 15.2. The number of benzene rings is 2. The van der Waals surface area contributed by atoms with Crippen molar-refractivity contribution in [3.8, 4) is 0 Å². The van der Waals surface area contributed by atoms with E-state index in [-0.39, 0.29) is 28.6 Å². The summed E-state index contributed by atoms with van der Waals surface area (Å²) in [6.07, 6.45) is 0.0220. The van der Waals surface area contributed by atoms with E-state index in [2.05, 4.69) is 15.8 Å². The zero-order chi connectivity index (χ0) is 19.8. The number of amides is 2.